The topological polar surface area (TPSA) is 15.3 Å². The van der Waals surface area contributed by atoms with Crippen molar-refractivity contribution in [2.45, 2.75) is 58.7 Å². The van der Waals surface area contributed by atoms with Crippen molar-refractivity contribution >= 4 is 0 Å². The molecule has 2 unspecified atom stereocenters. The summed E-state index contributed by atoms with van der Waals surface area (Å²) in [5.41, 5.74) is 0.288. The van der Waals surface area contributed by atoms with Crippen molar-refractivity contribution in [1.29, 1.82) is 0 Å². The van der Waals surface area contributed by atoms with E-state index in [0.29, 0.717) is 6.04 Å². The second kappa shape index (κ2) is 3.97. The van der Waals surface area contributed by atoms with Gasteiger partial charge in [-0.15, -0.1) is 0 Å². The fourth-order valence-electron chi connectivity index (χ4n) is 2.03. The molecule has 1 saturated heterocycles. The van der Waals surface area contributed by atoms with E-state index in [-0.39, 0.29) is 5.54 Å². The third-order valence-corrected chi connectivity index (χ3v) is 3.18. The van der Waals surface area contributed by atoms with E-state index >= 15 is 0 Å². The molecule has 1 rings (SSSR count). The molecule has 78 valence electrons. The molecule has 0 spiro atoms. The van der Waals surface area contributed by atoms with Gasteiger partial charge in [0.1, 0.15) is 0 Å². The van der Waals surface area contributed by atoms with Gasteiger partial charge in [-0.05, 0) is 34.1 Å². The van der Waals surface area contributed by atoms with Crippen LogP contribution in [0.15, 0.2) is 0 Å². The summed E-state index contributed by atoms with van der Waals surface area (Å²) in [6, 6.07) is 1.40. The first-order valence-corrected chi connectivity index (χ1v) is 5.47. The van der Waals surface area contributed by atoms with Crippen LogP contribution in [0.1, 0.15) is 41.0 Å². The van der Waals surface area contributed by atoms with Gasteiger partial charge in [-0.25, -0.2) is 0 Å². The van der Waals surface area contributed by atoms with Crippen LogP contribution in [-0.2, 0) is 0 Å². The Morgan fingerprint density at radius 2 is 2.15 bits per heavy atom. The van der Waals surface area contributed by atoms with Gasteiger partial charge in [-0.2, -0.15) is 0 Å². The van der Waals surface area contributed by atoms with Gasteiger partial charge in [-0.3, -0.25) is 4.90 Å². The number of rotatable bonds is 2. The summed E-state index contributed by atoms with van der Waals surface area (Å²) in [6.45, 7) is 13.8. The highest BCUT2D eigenvalue weighted by molar-refractivity contribution is 4.92. The van der Waals surface area contributed by atoms with Gasteiger partial charge in [0.25, 0.3) is 0 Å². The van der Waals surface area contributed by atoms with Crippen LogP contribution in [0.2, 0.25) is 0 Å². The molecule has 0 radical (unpaired) electrons. The Hall–Kier alpha value is -0.0800. The third kappa shape index (κ3) is 2.68. The van der Waals surface area contributed by atoms with Crippen LogP contribution in [0.25, 0.3) is 0 Å². The maximum Gasteiger partial charge on any atom is 0.0253 e. The first kappa shape index (κ1) is 11.0. The fourth-order valence-corrected chi connectivity index (χ4v) is 2.03. The number of nitrogens with zero attached hydrogens (tertiary/aromatic N) is 1. The number of piperazine rings is 1. The molecule has 1 fully saturated rings. The summed E-state index contributed by atoms with van der Waals surface area (Å²) in [6.07, 6.45) is 1.25. The van der Waals surface area contributed by atoms with Gasteiger partial charge in [0.05, 0.1) is 0 Å². The molecule has 0 aromatic heterocycles. The summed E-state index contributed by atoms with van der Waals surface area (Å²) in [5, 5.41) is 3.58. The standard InChI is InChI=1S/C11H24N2/c1-6-9(2)13-8-11(4,5)12-7-10(13)3/h9-10,12H,6-8H2,1-5H3. The fraction of sp³-hybridized carbons (Fsp3) is 1.00. The number of hydrogen-bond donors (Lipinski definition) is 1. The van der Waals surface area contributed by atoms with Gasteiger partial charge < -0.3 is 5.32 Å². The van der Waals surface area contributed by atoms with Gasteiger partial charge in [0.2, 0.25) is 0 Å². The van der Waals surface area contributed by atoms with E-state index < -0.39 is 0 Å². The molecule has 2 atom stereocenters. The zero-order valence-electron chi connectivity index (χ0n) is 9.72. The molecule has 1 N–H and O–H groups in total. The molecule has 0 saturated carbocycles. The summed E-state index contributed by atoms with van der Waals surface area (Å²) in [4.78, 5) is 2.62. The largest absolute Gasteiger partial charge is 0.309 e. The Kier molecular flexibility index (Phi) is 3.36. The van der Waals surface area contributed by atoms with E-state index in [9.17, 15) is 0 Å². The lowest BCUT2D eigenvalue weighted by Gasteiger charge is -2.46. The van der Waals surface area contributed by atoms with Crippen LogP contribution < -0.4 is 5.32 Å². The van der Waals surface area contributed by atoms with E-state index in [1.807, 2.05) is 0 Å². The maximum absolute atomic E-state index is 3.58. The Morgan fingerprint density at radius 3 is 2.69 bits per heavy atom. The van der Waals surface area contributed by atoms with Crippen LogP contribution in [-0.4, -0.2) is 35.6 Å². The smallest absolute Gasteiger partial charge is 0.0253 e. The van der Waals surface area contributed by atoms with Crippen molar-refractivity contribution in [3.63, 3.8) is 0 Å². The molecule has 0 amide bonds. The second-order valence-corrected chi connectivity index (χ2v) is 5.04. The molecule has 1 aliphatic heterocycles. The Morgan fingerprint density at radius 1 is 1.54 bits per heavy atom. The Bertz CT molecular complexity index is 161. The monoisotopic (exact) mass is 184 g/mol. The molecule has 0 aromatic carbocycles. The van der Waals surface area contributed by atoms with Crippen LogP contribution in [0.3, 0.4) is 0 Å². The molecule has 2 heteroatoms. The summed E-state index contributed by atoms with van der Waals surface area (Å²) in [5.74, 6) is 0. The number of nitrogens with one attached hydrogen (secondary N) is 1. The minimum Gasteiger partial charge on any atom is -0.309 e. The molecular formula is C11H24N2. The highest BCUT2D eigenvalue weighted by Gasteiger charge is 2.31. The molecule has 2 nitrogen and oxygen atoms in total. The van der Waals surface area contributed by atoms with Crippen LogP contribution in [0.5, 0.6) is 0 Å². The molecule has 0 aliphatic carbocycles. The average molecular weight is 184 g/mol. The van der Waals surface area contributed by atoms with E-state index in [4.69, 9.17) is 0 Å². The van der Waals surface area contributed by atoms with Crippen LogP contribution >= 0.6 is 0 Å². The predicted molar refractivity (Wildman–Crippen MR) is 58.0 cm³/mol. The average Bonchev–Trinajstić information content (AvgIpc) is 2.08. The maximum atomic E-state index is 3.58. The van der Waals surface area contributed by atoms with Crippen molar-refractivity contribution in [3.8, 4) is 0 Å². The van der Waals surface area contributed by atoms with Crippen molar-refractivity contribution in [2.24, 2.45) is 0 Å². The molecule has 13 heavy (non-hydrogen) atoms. The molecule has 0 aromatic rings. The lowest BCUT2D eigenvalue weighted by molar-refractivity contribution is 0.0677. The third-order valence-electron chi connectivity index (χ3n) is 3.18. The van der Waals surface area contributed by atoms with Gasteiger partial charge >= 0.3 is 0 Å². The summed E-state index contributed by atoms with van der Waals surface area (Å²) in [7, 11) is 0. The van der Waals surface area contributed by atoms with Crippen molar-refractivity contribution in [3.05, 3.63) is 0 Å². The van der Waals surface area contributed by atoms with Crippen LogP contribution in [0.4, 0.5) is 0 Å². The minimum atomic E-state index is 0.288. The van der Waals surface area contributed by atoms with Crippen molar-refractivity contribution in [2.75, 3.05) is 13.1 Å². The van der Waals surface area contributed by atoms with E-state index in [1.165, 1.54) is 13.0 Å². The highest BCUT2D eigenvalue weighted by Crippen LogP contribution is 2.18. The van der Waals surface area contributed by atoms with Gasteiger partial charge in [0.15, 0.2) is 0 Å². The van der Waals surface area contributed by atoms with Gasteiger partial charge in [-0.1, -0.05) is 6.92 Å². The van der Waals surface area contributed by atoms with E-state index in [0.717, 1.165) is 12.6 Å². The first-order valence-electron chi connectivity index (χ1n) is 5.47. The molecular weight excluding hydrogens is 160 g/mol. The van der Waals surface area contributed by atoms with Crippen LogP contribution in [0, 0.1) is 0 Å². The lowest BCUT2D eigenvalue weighted by atomic mass is 9.97. The lowest BCUT2D eigenvalue weighted by Crippen LogP contribution is -2.62. The molecule has 1 aliphatic rings. The first-order chi connectivity index (χ1) is 5.96. The number of hydrogen-bond acceptors (Lipinski definition) is 2. The summed E-state index contributed by atoms with van der Waals surface area (Å²) >= 11 is 0. The SMILES string of the molecule is CCC(C)N1CC(C)(C)NCC1C. The van der Waals surface area contributed by atoms with Gasteiger partial charge in [0, 0.05) is 30.7 Å². The zero-order chi connectivity index (χ0) is 10.1. The van der Waals surface area contributed by atoms with E-state index in [1.54, 1.807) is 0 Å². The Labute approximate surface area is 82.7 Å². The zero-order valence-corrected chi connectivity index (χ0v) is 9.72. The van der Waals surface area contributed by atoms with Crippen molar-refractivity contribution in [1.82, 2.24) is 10.2 Å². The molecule has 1 heterocycles. The quantitative estimate of drug-likeness (QED) is 0.704. The minimum absolute atomic E-state index is 0.288. The predicted octanol–water partition coefficient (Wildman–Crippen LogP) is 1.86. The second-order valence-electron chi connectivity index (χ2n) is 5.04. The summed E-state index contributed by atoms with van der Waals surface area (Å²) < 4.78 is 0. The highest BCUT2D eigenvalue weighted by atomic mass is 15.3. The normalized spacial score (nSPS) is 31.6. The van der Waals surface area contributed by atoms with Crippen molar-refractivity contribution < 1.29 is 0 Å². The Balaban J connectivity index is 2.60. The molecule has 0 bridgehead atoms. The van der Waals surface area contributed by atoms with E-state index in [2.05, 4.69) is 44.8 Å².